The zero-order valence-electron chi connectivity index (χ0n) is 7.31. The topological polar surface area (TPSA) is 119 Å². The molecule has 0 amide bonds. The van der Waals surface area contributed by atoms with E-state index < -0.39 is 0 Å². The Kier molecular flexibility index (Phi) is 1.98. The third-order valence-corrected chi connectivity index (χ3v) is 1.62. The molecule has 0 aliphatic heterocycles. The highest BCUT2D eigenvalue weighted by molar-refractivity contribution is 5.26. The summed E-state index contributed by atoms with van der Waals surface area (Å²) in [5.74, 6) is 0.790. The number of anilines is 2. The normalized spacial score (nSPS) is 10.3. The van der Waals surface area contributed by atoms with Crippen LogP contribution in [0.4, 0.5) is 11.9 Å². The van der Waals surface area contributed by atoms with Gasteiger partial charge in [0.25, 0.3) is 0 Å². The van der Waals surface area contributed by atoms with Crippen molar-refractivity contribution in [2.24, 2.45) is 0 Å². The van der Waals surface area contributed by atoms with Crippen LogP contribution in [0.1, 0.15) is 11.5 Å². The Balaban J connectivity index is 2.25. The van der Waals surface area contributed by atoms with Crippen LogP contribution in [0.3, 0.4) is 0 Å². The smallest absolute Gasteiger partial charge is 0.225 e. The van der Waals surface area contributed by atoms with Crippen LogP contribution in [0.2, 0.25) is 0 Å². The summed E-state index contributed by atoms with van der Waals surface area (Å²) in [6.07, 6.45) is 3.79. The first-order valence-corrected chi connectivity index (χ1v) is 3.97. The van der Waals surface area contributed by atoms with E-state index in [-0.39, 0.29) is 11.9 Å². The molecule has 0 spiro atoms. The van der Waals surface area contributed by atoms with E-state index in [2.05, 4.69) is 24.9 Å². The number of hydrogen-bond donors (Lipinski definition) is 3. The molecule has 0 bridgehead atoms. The fourth-order valence-electron chi connectivity index (χ4n) is 1.09. The van der Waals surface area contributed by atoms with Crippen molar-refractivity contribution >= 4 is 11.9 Å². The number of aromatic amines is 1. The second-order valence-corrected chi connectivity index (χ2v) is 2.72. The van der Waals surface area contributed by atoms with Crippen LogP contribution in [0.25, 0.3) is 0 Å². The molecule has 14 heavy (non-hydrogen) atoms. The van der Waals surface area contributed by atoms with Crippen molar-refractivity contribution in [2.75, 3.05) is 11.5 Å². The summed E-state index contributed by atoms with van der Waals surface area (Å²) >= 11 is 0. The second-order valence-electron chi connectivity index (χ2n) is 2.72. The molecule has 7 heteroatoms. The fourth-order valence-corrected chi connectivity index (χ4v) is 1.09. The molecular formula is C7H9N7. The van der Waals surface area contributed by atoms with Gasteiger partial charge < -0.3 is 16.5 Å². The lowest BCUT2D eigenvalue weighted by atomic mass is 10.3. The zero-order valence-corrected chi connectivity index (χ0v) is 7.31. The molecule has 5 N–H and O–H groups in total. The van der Waals surface area contributed by atoms with Gasteiger partial charge in [-0.25, -0.2) is 4.98 Å². The van der Waals surface area contributed by atoms with E-state index in [4.69, 9.17) is 11.5 Å². The summed E-state index contributed by atoms with van der Waals surface area (Å²) in [6.45, 7) is 0. The molecule has 0 unspecified atom stereocenters. The molecule has 2 heterocycles. The van der Waals surface area contributed by atoms with Crippen LogP contribution in [0.5, 0.6) is 0 Å². The summed E-state index contributed by atoms with van der Waals surface area (Å²) in [7, 11) is 0. The van der Waals surface area contributed by atoms with Gasteiger partial charge in [0.2, 0.25) is 11.9 Å². The highest BCUT2D eigenvalue weighted by Gasteiger charge is 2.03. The SMILES string of the molecule is Nc1nc(N)nc(Cc2cnc[nH]2)n1. The van der Waals surface area contributed by atoms with Gasteiger partial charge in [0, 0.05) is 18.3 Å². The van der Waals surface area contributed by atoms with Crippen molar-refractivity contribution in [3.8, 4) is 0 Å². The van der Waals surface area contributed by atoms with Gasteiger partial charge >= 0.3 is 0 Å². The number of nitrogens with one attached hydrogen (secondary N) is 1. The van der Waals surface area contributed by atoms with Gasteiger partial charge in [0.1, 0.15) is 5.82 Å². The van der Waals surface area contributed by atoms with E-state index in [1.54, 1.807) is 12.5 Å². The molecule has 0 aliphatic rings. The molecule has 2 rings (SSSR count). The van der Waals surface area contributed by atoms with E-state index in [1.165, 1.54) is 0 Å². The fraction of sp³-hybridized carbons (Fsp3) is 0.143. The van der Waals surface area contributed by atoms with Gasteiger partial charge in [-0.1, -0.05) is 0 Å². The number of nitrogens with zero attached hydrogens (tertiary/aromatic N) is 4. The summed E-state index contributed by atoms with van der Waals surface area (Å²) in [6, 6.07) is 0. The number of aromatic nitrogens is 5. The lowest BCUT2D eigenvalue weighted by molar-refractivity contribution is 0.922. The number of rotatable bonds is 2. The maximum atomic E-state index is 5.42. The molecular weight excluding hydrogens is 182 g/mol. The highest BCUT2D eigenvalue weighted by atomic mass is 15.1. The minimum Gasteiger partial charge on any atom is -0.368 e. The van der Waals surface area contributed by atoms with Crippen molar-refractivity contribution < 1.29 is 0 Å². The predicted molar refractivity (Wildman–Crippen MR) is 50.0 cm³/mol. The van der Waals surface area contributed by atoms with Crippen LogP contribution >= 0.6 is 0 Å². The molecule has 2 aromatic heterocycles. The molecule has 7 nitrogen and oxygen atoms in total. The first kappa shape index (κ1) is 8.42. The van der Waals surface area contributed by atoms with Gasteiger partial charge in [-0.2, -0.15) is 15.0 Å². The number of imidazole rings is 1. The van der Waals surface area contributed by atoms with Crippen molar-refractivity contribution in [1.29, 1.82) is 0 Å². The number of hydrogen-bond acceptors (Lipinski definition) is 6. The Morgan fingerprint density at radius 2 is 1.86 bits per heavy atom. The molecule has 2 aromatic rings. The van der Waals surface area contributed by atoms with Gasteiger partial charge in [-0.05, 0) is 0 Å². The minimum atomic E-state index is 0.131. The van der Waals surface area contributed by atoms with Gasteiger partial charge in [0.05, 0.1) is 6.33 Å². The summed E-state index contributed by atoms with van der Waals surface area (Å²) in [4.78, 5) is 18.3. The Labute approximate surface area is 79.6 Å². The molecule has 0 aromatic carbocycles. The monoisotopic (exact) mass is 191 g/mol. The Morgan fingerprint density at radius 1 is 1.14 bits per heavy atom. The maximum Gasteiger partial charge on any atom is 0.225 e. The molecule has 0 fully saturated rings. The standard InChI is InChI=1S/C7H9N7/c8-6-12-5(13-7(9)14-6)1-4-2-10-3-11-4/h2-3H,1H2,(H,10,11)(H4,8,9,12,13,14). The lowest BCUT2D eigenvalue weighted by Crippen LogP contribution is -2.07. The van der Waals surface area contributed by atoms with E-state index in [1.807, 2.05) is 0 Å². The average molecular weight is 191 g/mol. The van der Waals surface area contributed by atoms with E-state index >= 15 is 0 Å². The molecule has 0 saturated carbocycles. The quantitative estimate of drug-likeness (QED) is 0.580. The van der Waals surface area contributed by atoms with Crippen molar-refractivity contribution in [3.05, 3.63) is 24.0 Å². The van der Waals surface area contributed by atoms with Gasteiger partial charge in [-0.15, -0.1) is 0 Å². The first-order valence-electron chi connectivity index (χ1n) is 3.97. The predicted octanol–water partition coefficient (Wildman–Crippen LogP) is -0.650. The van der Waals surface area contributed by atoms with Gasteiger partial charge in [0.15, 0.2) is 0 Å². The lowest BCUT2D eigenvalue weighted by Gasteiger charge is -1.99. The van der Waals surface area contributed by atoms with Crippen LogP contribution in [0.15, 0.2) is 12.5 Å². The molecule has 0 atom stereocenters. The minimum absolute atomic E-state index is 0.131. The van der Waals surface area contributed by atoms with Crippen molar-refractivity contribution in [2.45, 2.75) is 6.42 Å². The number of H-pyrrole nitrogens is 1. The zero-order chi connectivity index (χ0) is 9.97. The van der Waals surface area contributed by atoms with Crippen LogP contribution in [0, 0.1) is 0 Å². The molecule has 72 valence electrons. The third kappa shape index (κ3) is 1.76. The number of nitrogens with two attached hydrogens (primary N) is 2. The number of nitrogen functional groups attached to an aromatic ring is 2. The highest BCUT2D eigenvalue weighted by Crippen LogP contribution is 2.03. The van der Waals surface area contributed by atoms with E-state index in [0.717, 1.165) is 5.69 Å². The third-order valence-electron chi connectivity index (χ3n) is 1.62. The maximum absolute atomic E-state index is 5.42. The molecule has 0 aliphatic carbocycles. The van der Waals surface area contributed by atoms with Gasteiger partial charge in [-0.3, -0.25) is 0 Å². The molecule has 0 saturated heterocycles. The van der Waals surface area contributed by atoms with E-state index in [0.29, 0.717) is 12.2 Å². The van der Waals surface area contributed by atoms with Crippen LogP contribution < -0.4 is 11.5 Å². The largest absolute Gasteiger partial charge is 0.368 e. The Morgan fingerprint density at radius 3 is 2.43 bits per heavy atom. The summed E-state index contributed by atoms with van der Waals surface area (Å²) in [5.41, 5.74) is 11.7. The van der Waals surface area contributed by atoms with Crippen LogP contribution in [-0.4, -0.2) is 24.9 Å². The first-order chi connectivity index (χ1) is 6.74. The van der Waals surface area contributed by atoms with Crippen molar-refractivity contribution in [1.82, 2.24) is 24.9 Å². The summed E-state index contributed by atoms with van der Waals surface area (Å²) < 4.78 is 0. The van der Waals surface area contributed by atoms with Crippen molar-refractivity contribution in [3.63, 3.8) is 0 Å². The Hall–Kier alpha value is -2.18. The van der Waals surface area contributed by atoms with Crippen LogP contribution in [-0.2, 0) is 6.42 Å². The molecule has 0 radical (unpaired) electrons. The van der Waals surface area contributed by atoms with E-state index in [9.17, 15) is 0 Å². The average Bonchev–Trinajstić information content (AvgIpc) is 2.54. The summed E-state index contributed by atoms with van der Waals surface area (Å²) in [5, 5.41) is 0. The Bertz CT molecular complexity index is 401. The second kappa shape index (κ2) is 3.29.